The third-order valence-electron chi connectivity index (χ3n) is 4.16. The van der Waals surface area contributed by atoms with Crippen molar-refractivity contribution in [3.05, 3.63) is 39.8 Å². The Balaban J connectivity index is 1.47. The van der Waals surface area contributed by atoms with Gasteiger partial charge in [-0.05, 0) is 31.0 Å². The van der Waals surface area contributed by atoms with Crippen LogP contribution in [0.15, 0.2) is 34.1 Å². The summed E-state index contributed by atoms with van der Waals surface area (Å²) >= 11 is 4.69. The fourth-order valence-electron chi connectivity index (χ4n) is 2.95. The van der Waals surface area contributed by atoms with Gasteiger partial charge in [0.1, 0.15) is 0 Å². The lowest BCUT2D eigenvalue weighted by atomic mass is 9.96. The molecule has 3 rings (SSSR count). The van der Waals surface area contributed by atoms with E-state index in [0.717, 1.165) is 23.0 Å². The molecule has 8 heteroatoms. The van der Waals surface area contributed by atoms with Gasteiger partial charge >= 0.3 is 6.03 Å². The van der Waals surface area contributed by atoms with Crippen LogP contribution in [0.25, 0.3) is 0 Å². The van der Waals surface area contributed by atoms with Crippen molar-refractivity contribution >= 4 is 50.0 Å². The van der Waals surface area contributed by atoms with Crippen LogP contribution in [-0.2, 0) is 11.2 Å². The van der Waals surface area contributed by atoms with Gasteiger partial charge in [-0.3, -0.25) is 10.1 Å². The number of aromatic nitrogens is 1. The second-order valence-electron chi connectivity index (χ2n) is 6.31. The molecule has 0 unspecified atom stereocenters. The van der Waals surface area contributed by atoms with Gasteiger partial charge in [-0.15, -0.1) is 11.3 Å². The maximum Gasteiger partial charge on any atom is 0.321 e. The molecule has 0 atom stereocenters. The maximum absolute atomic E-state index is 12.1. The predicted molar refractivity (Wildman–Crippen MR) is 108 cm³/mol. The maximum atomic E-state index is 12.1. The van der Waals surface area contributed by atoms with E-state index in [9.17, 15) is 9.59 Å². The molecule has 0 radical (unpaired) electrons. The fourth-order valence-corrected chi connectivity index (χ4v) is 4.05. The van der Waals surface area contributed by atoms with E-state index in [1.54, 1.807) is 5.38 Å². The number of nitrogens with zero attached hydrogens (tertiary/aromatic N) is 1. The molecule has 6 nitrogen and oxygen atoms in total. The number of thiazole rings is 1. The molecule has 1 aliphatic rings. The molecule has 0 bridgehead atoms. The van der Waals surface area contributed by atoms with Crippen LogP contribution in [0.1, 0.15) is 37.8 Å². The van der Waals surface area contributed by atoms with Gasteiger partial charge in [0, 0.05) is 21.6 Å². The van der Waals surface area contributed by atoms with E-state index in [2.05, 4.69) is 36.9 Å². The molecular formula is C18H21BrN4O2S. The Kier molecular flexibility index (Phi) is 6.62. The normalized spacial score (nSPS) is 14.7. The van der Waals surface area contributed by atoms with Crippen molar-refractivity contribution in [3.8, 4) is 0 Å². The van der Waals surface area contributed by atoms with Crippen LogP contribution >= 0.6 is 27.3 Å². The fraction of sp³-hybridized carbons (Fsp3) is 0.389. The summed E-state index contributed by atoms with van der Waals surface area (Å²) in [5.41, 5.74) is 1.36. The summed E-state index contributed by atoms with van der Waals surface area (Å²) in [6, 6.07) is 7.44. The number of hydrogen-bond donors (Lipinski definition) is 3. The third kappa shape index (κ3) is 5.81. The van der Waals surface area contributed by atoms with E-state index in [1.165, 1.54) is 30.6 Å². The molecule has 1 aromatic heterocycles. The Hall–Kier alpha value is -1.93. The average molecular weight is 437 g/mol. The predicted octanol–water partition coefficient (Wildman–Crippen LogP) is 4.54. The number of hydrogen-bond acceptors (Lipinski definition) is 4. The number of rotatable bonds is 5. The van der Waals surface area contributed by atoms with Gasteiger partial charge in [0.2, 0.25) is 5.91 Å². The van der Waals surface area contributed by atoms with Crippen molar-refractivity contribution in [1.29, 1.82) is 0 Å². The van der Waals surface area contributed by atoms with Crippen LogP contribution in [0.2, 0.25) is 0 Å². The smallest absolute Gasteiger partial charge is 0.321 e. The number of benzene rings is 1. The summed E-state index contributed by atoms with van der Waals surface area (Å²) in [6.45, 7) is 0. The lowest BCUT2D eigenvalue weighted by Crippen LogP contribution is -2.39. The minimum absolute atomic E-state index is 0.147. The monoisotopic (exact) mass is 436 g/mol. The molecule has 0 aliphatic heterocycles. The Morgan fingerprint density at radius 1 is 1.19 bits per heavy atom. The molecule has 1 aromatic carbocycles. The Morgan fingerprint density at radius 3 is 2.77 bits per heavy atom. The largest absolute Gasteiger partial charge is 0.335 e. The van der Waals surface area contributed by atoms with E-state index < -0.39 is 0 Å². The lowest BCUT2D eigenvalue weighted by molar-refractivity contribution is -0.115. The number of carbonyl (C=O) groups is 2. The van der Waals surface area contributed by atoms with Crippen molar-refractivity contribution in [2.24, 2.45) is 0 Å². The van der Waals surface area contributed by atoms with Crippen molar-refractivity contribution < 1.29 is 9.59 Å². The van der Waals surface area contributed by atoms with Gasteiger partial charge in [-0.2, -0.15) is 0 Å². The number of amides is 3. The molecular weight excluding hydrogens is 416 g/mol. The van der Waals surface area contributed by atoms with E-state index in [0.29, 0.717) is 10.8 Å². The summed E-state index contributed by atoms with van der Waals surface area (Å²) in [6.07, 6.45) is 5.81. The van der Waals surface area contributed by atoms with Crippen LogP contribution in [0.3, 0.4) is 0 Å². The number of halogens is 1. The van der Waals surface area contributed by atoms with E-state index in [1.807, 2.05) is 24.3 Å². The second-order valence-corrected chi connectivity index (χ2v) is 8.09. The molecule has 1 heterocycles. The van der Waals surface area contributed by atoms with Gasteiger partial charge in [0.25, 0.3) is 0 Å². The number of anilines is 2. The van der Waals surface area contributed by atoms with Crippen LogP contribution in [-0.4, -0.2) is 23.0 Å². The van der Waals surface area contributed by atoms with Crippen LogP contribution in [0.5, 0.6) is 0 Å². The topological polar surface area (TPSA) is 83.1 Å². The highest BCUT2D eigenvalue weighted by molar-refractivity contribution is 9.10. The third-order valence-corrected chi connectivity index (χ3v) is 5.46. The quantitative estimate of drug-likeness (QED) is 0.642. The van der Waals surface area contributed by atoms with Gasteiger partial charge in [-0.25, -0.2) is 9.78 Å². The highest BCUT2D eigenvalue weighted by atomic mass is 79.9. The van der Waals surface area contributed by atoms with E-state index >= 15 is 0 Å². The van der Waals surface area contributed by atoms with E-state index in [4.69, 9.17) is 0 Å². The summed E-state index contributed by atoms with van der Waals surface area (Å²) in [5, 5.41) is 10.9. The van der Waals surface area contributed by atoms with E-state index in [-0.39, 0.29) is 24.4 Å². The zero-order chi connectivity index (χ0) is 18.4. The molecule has 2 aromatic rings. The Morgan fingerprint density at radius 2 is 2.00 bits per heavy atom. The first kappa shape index (κ1) is 18.8. The molecule has 26 heavy (non-hydrogen) atoms. The van der Waals surface area contributed by atoms with Crippen molar-refractivity contribution in [3.63, 3.8) is 0 Å². The molecule has 0 saturated heterocycles. The molecule has 1 fully saturated rings. The zero-order valence-electron chi connectivity index (χ0n) is 14.3. The minimum Gasteiger partial charge on any atom is -0.335 e. The van der Waals surface area contributed by atoms with Gasteiger partial charge in [-0.1, -0.05) is 41.3 Å². The Bertz CT molecular complexity index is 774. The number of nitrogens with one attached hydrogen (secondary N) is 3. The van der Waals surface area contributed by atoms with Crippen molar-refractivity contribution in [2.75, 3.05) is 10.6 Å². The van der Waals surface area contributed by atoms with Crippen LogP contribution < -0.4 is 16.0 Å². The first-order valence-electron chi connectivity index (χ1n) is 8.66. The number of urea groups is 1. The summed E-state index contributed by atoms with van der Waals surface area (Å²) in [4.78, 5) is 28.5. The van der Waals surface area contributed by atoms with Gasteiger partial charge in [0.05, 0.1) is 12.1 Å². The van der Waals surface area contributed by atoms with Crippen LogP contribution in [0, 0.1) is 0 Å². The molecule has 0 spiro atoms. The molecule has 138 valence electrons. The second kappa shape index (κ2) is 9.14. The molecule has 1 saturated carbocycles. The summed E-state index contributed by atoms with van der Waals surface area (Å²) in [5.74, 6) is -0.147. The minimum atomic E-state index is -0.226. The first-order valence-corrected chi connectivity index (χ1v) is 10.3. The van der Waals surface area contributed by atoms with Crippen LogP contribution in [0.4, 0.5) is 15.6 Å². The van der Waals surface area contributed by atoms with Crippen molar-refractivity contribution in [1.82, 2.24) is 10.3 Å². The Labute approximate surface area is 164 Å². The molecule has 3 amide bonds. The SMILES string of the molecule is O=C(Cc1csc(NC(=O)NC2CCCCC2)n1)Nc1cccc(Br)c1. The highest BCUT2D eigenvalue weighted by Crippen LogP contribution is 2.20. The zero-order valence-corrected chi connectivity index (χ0v) is 16.7. The molecule has 1 aliphatic carbocycles. The lowest BCUT2D eigenvalue weighted by Gasteiger charge is -2.22. The van der Waals surface area contributed by atoms with Gasteiger partial charge in [0.15, 0.2) is 5.13 Å². The number of carbonyl (C=O) groups excluding carboxylic acids is 2. The molecule has 3 N–H and O–H groups in total. The average Bonchev–Trinajstić information content (AvgIpc) is 3.02. The summed E-state index contributed by atoms with van der Waals surface area (Å²) in [7, 11) is 0. The standard InChI is InChI=1S/C18H21BrN4O2S/c19-12-5-4-8-14(9-12)20-16(24)10-15-11-26-18(22-15)23-17(25)21-13-6-2-1-3-7-13/h4-5,8-9,11,13H,1-3,6-7,10H2,(H,20,24)(H2,21,22,23,25). The van der Waals surface area contributed by atoms with Crippen molar-refractivity contribution in [2.45, 2.75) is 44.6 Å². The highest BCUT2D eigenvalue weighted by Gasteiger charge is 2.16. The summed E-state index contributed by atoms with van der Waals surface area (Å²) < 4.78 is 0.902. The first-order chi connectivity index (χ1) is 12.6. The van der Waals surface area contributed by atoms with Gasteiger partial charge < -0.3 is 10.6 Å².